The van der Waals surface area contributed by atoms with Gasteiger partial charge in [0.1, 0.15) is 0 Å². The summed E-state index contributed by atoms with van der Waals surface area (Å²) in [6, 6.07) is 0. The third-order valence-electron chi connectivity index (χ3n) is 2.61. The minimum Gasteiger partial charge on any atom is -0.295 e. The van der Waals surface area contributed by atoms with Crippen LogP contribution in [-0.4, -0.2) is 5.78 Å². The summed E-state index contributed by atoms with van der Waals surface area (Å²) in [5.74, 6) is 0.809. The minimum absolute atomic E-state index is 0.166. The monoisotopic (exact) mass is 166 g/mol. The summed E-state index contributed by atoms with van der Waals surface area (Å²) < 4.78 is 0. The zero-order valence-electron chi connectivity index (χ0n) is 8.26. The number of ketones is 1. The molecule has 1 nitrogen and oxygen atoms in total. The molecule has 0 aliphatic heterocycles. The van der Waals surface area contributed by atoms with Crippen molar-refractivity contribution in [3.8, 4) is 0 Å². The molecule has 1 saturated carbocycles. The predicted octanol–water partition coefficient (Wildman–Crippen LogP) is 2.96. The second-order valence-electron chi connectivity index (χ2n) is 4.64. The molecular formula is C11H18O. The van der Waals surface area contributed by atoms with E-state index in [1.54, 1.807) is 13.0 Å². The van der Waals surface area contributed by atoms with E-state index in [1.165, 1.54) is 19.3 Å². The first-order chi connectivity index (χ1) is 5.49. The fourth-order valence-corrected chi connectivity index (χ4v) is 1.93. The molecule has 1 unspecified atom stereocenters. The molecule has 1 aliphatic carbocycles. The van der Waals surface area contributed by atoms with Crippen molar-refractivity contribution in [3.05, 3.63) is 12.2 Å². The Bertz CT molecular complexity index is 201. The van der Waals surface area contributed by atoms with Gasteiger partial charge in [0, 0.05) is 0 Å². The summed E-state index contributed by atoms with van der Waals surface area (Å²) in [5.41, 5.74) is 0.492. The van der Waals surface area contributed by atoms with E-state index in [0.717, 1.165) is 0 Å². The Hall–Kier alpha value is -0.590. The van der Waals surface area contributed by atoms with Crippen LogP contribution < -0.4 is 0 Å². The van der Waals surface area contributed by atoms with E-state index < -0.39 is 0 Å². The van der Waals surface area contributed by atoms with E-state index in [9.17, 15) is 4.79 Å². The molecule has 0 amide bonds. The summed E-state index contributed by atoms with van der Waals surface area (Å²) >= 11 is 0. The molecule has 0 saturated heterocycles. The van der Waals surface area contributed by atoms with E-state index >= 15 is 0 Å². The molecule has 0 aromatic heterocycles. The largest absolute Gasteiger partial charge is 0.295 e. The molecule has 1 heteroatoms. The number of rotatable bonds is 2. The van der Waals surface area contributed by atoms with Crippen molar-refractivity contribution in [2.24, 2.45) is 11.3 Å². The van der Waals surface area contributed by atoms with Crippen LogP contribution in [0.15, 0.2) is 12.2 Å². The minimum atomic E-state index is 0.166. The SMILES string of the molecule is CC(=O)/C=C/C1CCC(C)(C)C1. The first-order valence-electron chi connectivity index (χ1n) is 4.68. The lowest BCUT2D eigenvalue weighted by Crippen LogP contribution is -2.04. The lowest BCUT2D eigenvalue weighted by Gasteiger charge is -2.15. The van der Waals surface area contributed by atoms with Gasteiger partial charge in [-0.25, -0.2) is 0 Å². The maximum atomic E-state index is 10.7. The predicted molar refractivity (Wildman–Crippen MR) is 50.9 cm³/mol. The normalized spacial score (nSPS) is 28.1. The average Bonchev–Trinajstić information content (AvgIpc) is 2.26. The summed E-state index contributed by atoms with van der Waals surface area (Å²) in [5, 5.41) is 0. The zero-order valence-corrected chi connectivity index (χ0v) is 8.26. The number of allylic oxidation sites excluding steroid dienone is 2. The van der Waals surface area contributed by atoms with Gasteiger partial charge in [-0.1, -0.05) is 19.9 Å². The van der Waals surface area contributed by atoms with Crippen molar-refractivity contribution < 1.29 is 4.79 Å². The van der Waals surface area contributed by atoms with Crippen molar-refractivity contribution >= 4 is 5.78 Å². The molecule has 1 atom stereocenters. The van der Waals surface area contributed by atoms with Crippen molar-refractivity contribution in [3.63, 3.8) is 0 Å². The average molecular weight is 166 g/mol. The lowest BCUT2D eigenvalue weighted by atomic mass is 9.90. The van der Waals surface area contributed by atoms with Gasteiger partial charge in [0.05, 0.1) is 0 Å². The maximum Gasteiger partial charge on any atom is 0.152 e. The lowest BCUT2D eigenvalue weighted by molar-refractivity contribution is -0.112. The molecule has 1 fully saturated rings. The number of hydrogen-bond donors (Lipinski definition) is 0. The van der Waals surface area contributed by atoms with Crippen LogP contribution in [0, 0.1) is 11.3 Å². The highest BCUT2D eigenvalue weighted by molar-refractivity contribution is 5.87. The summed E-state index contributed by atoms with van der Waals surface area (Å²) in [6.45, 7) is 6.21. The van der Waals surface area contributed by atoms with Gasteiger partial charge in [0.15, 0.2) is 5.78 Å². The number of carbonyl (C=O) groups excluding carboxylic acids is 1. The molecule has 0 aromatic carbocycles. The van der Waals surface area contributed by atoms with E-state index in [1.807, 2.05) is 0 Å². The molecule has 0 heterocycles. The highest BCUT2D eigenvalue weighted by atomic mass is 16.1. The molecule has 68 valence electrons. The van der Waals surface area contributed by atoms with Gasteiger partial charge in [-0.2, -0.15) is 0 Å². The van der Waals surface area contributed by atoms with Crippen LogP contribution in [0.4, 0.5) is 0 Å². The van der Waals surface area contributed by atoms with Crippen molar-refractivity contribution in [1.29, 1.82) is 0 Å². The quantitative estimate of drug-likeness (QED) is 0.576. The summed E-state index contributed by atoms with van der Waals surface area (Å²) in [7, 11) is 0. The molecule has 0 aromatic rings. The van der Waals surface area contributed by atoms with Gasteiger partial charge < -0.3 is 0 Å². The molecule has 0 radical (unpaired) electrons. The van der Waals surface area contributed by atoms with Crippen molar-refractivity contribution in [2.45, 2.75) is 40.0 Å². The fraction of sp³-hybridized carbons (Fsp3) is 0.727. The first kappa shape index (κ1) is 9.50. The molecule has 0 N–H and O–H groups in total. The van der Waals surface area contributed by atoms with Crippen LogP contribution in [0.1, 0.15) is 40.0 Å². The Kier molecular flexibility index (Phi) is 2.71. The highest BCUT2D eigenvalue weighted by Gasteiger charge is 2.29. The third kappa shape index (κ3) is 2.80. The van der Waals surface area contributed by atoms with Crippen LogP contribution in [0.2, 0.25) is 0 Å². The van der Waals surface area contributed by atoms with Crippen LogP contribution in [-0.2, 0) is 4.79 Å². The molecule has 1 aliphatic rings. The Morgan fingerprint density at radius 1 is 1.50 bits per heavy atom. The Balaban J connectivity index is 2.43. The molecule has 1 rings (SSSR count). The van der Waals surface area contributed by atoms with Gasteiger partial charge in [0.25, 0.3) is 0 Å². The molecule has 0 bridgehead atoms. The van der Waals surface area contributed by atoms with Crippen LogP contribution in [0.5, 0.6) is 0 Å². The smallest absolute Gasteiger partial charge is 0.152 e. The van der Waals surface area contributed by atoms with Crippen LogP contribution >= 0.6 is 0 Å². The van der Waals surface area contributed by atoms with Gasteiger partial charge >= 0.3 is 0 Å². The second kappa shape index (κ2) is 3.42. The van der Waals surface area contributed by atoms with E-state index in [0.29, 0.717) is 11.3 Å². The zero-order chi connectivity index (χ0) is 9.19. The molecule has 12 heavy (non-hydrogen) atoms. The summed E-state index contributed by atoms with van der Waals surface area (Å²) in [4.78, 5) is 10.7. The van der Waals surface area contributed by atoms with Gasteiger partial charge in [-0.15, -0.1) is 0 Å². The Morgan fingerprint density at radius 2 is 2.17 bits per heavy atom. The van der Waals surface area contributed by atoms with E-state index in [4.69, 9.17) is 0 Å². The number of carbonyl (C=O) groups is 1. The molecular weight excluding hydrogens is 148 g/mol. The standard InChI is InChI=1S/C11H18O/c1-9(12)4-5-10-6-7-11(2,3)8-10/h4-5,10H,6-8H2,1-3H3/b5-4+. The Morgan fingerprint density at radius 3 is 2.58 bits per heavy atom. The van der Waals surface area contributed by atoms with Gasteiger partial charge in [-0.3, -0.25) is 4.79 Å². The molecule has 0 spiro atoms. The van der Waals surface area contributed by atoms with E-state index in [-0.39, 0.29) is 5.78 Å². The maximum absolute atomic E-state index is 10.7. The second-order valence-corrected chi connectivity index (χ2v) is 4.64. The first-order valence-corrected chi connectivity index (χ1v) is 4.68. The van der Waals surface area contributed by atoms with Crippen molar-refractivity contribution in [2.75, 3.05) is 0 Å². The van der Waals surface area contributed by atoms with Gasteiger partial charge in [0.2, 0.25) is 0 Å². The topological polar surface area (TPSA) is 17.1 Å². The Labute approximate surface area is 74.9 Å². The van der Waals surface area contributed by atoms with Gasteiger partial charge in [-0.05, 0) is 43.6 Å². The number of hydrogen-bond acceptors (Lipinski definition) is 1. The van der Waals surface area contributed by atoms with Crippen LogP contribution in [0.25, 0.3) is 0 Å². The van der Waals surface area contributed by atoms with Crippen LogP contribution in [0.3, 0.4) is 0 Å². The summed E-state index contributed by atoms with van der Waals surface area (Å²) in [6.07, 6.45) is 7.57. The highest BCUT2D eigenvalue weighted by Crippen LogP contribution is 2.41. The van der Waals surface area contributed by atoms with Crippen molar-refractivity contribution in [1.82, 2.24) is 0 Å². The third-order valence-corrected chi connectivity index (χ3v) is 2.61. The fourth-order valence-electron chi connectivity index (χ4n) is 1.93. The van der Waals surface area contributed by atoms with E-state index in [2.05, 4.69) is 19.9 Å².